The fourth-order valence-electron chi connectivity index (χ4n) is 1.43. The zero-order valence-electron chi connectivity index (χ0n) is 10.3. The molecule has 0 spiro atoms. The fraction of sp³-hybridized carbons (Fsp3) is 0.417. The number of aliphatic hydroxyl groups excluding tert-OH is 1. The fourth-order valence-corrected chi connectivity index (χ4v) is 1.98. The van der Waals surface area contributed by atoms with Crippen LogP contribution in [0.4, 0.5) is 0 Å². The highest BCUT2D eigenvalue weighted by atomic mass is 32.2. The first-order chi connectivity index (χ1) is 8.34. The van der Waals surface area contributed by atoms with E-state index < -0.39 is 21.2 Å². The Labute approximate surface area is 106 Å². The number of hydrogen-bond acceptors (Lipinski definition) is 5. The van der Waals surface area contributed by atoms with Gasteiger partial charge < -0.3 is 9.84 Å². The number of benzene rings is 1. The summed E-state index contributed by atoms with van der Waals surface area (Å²) in [4.78, 5) is 11.2. The lowest BCUT2D eigenvalue weighted by atomic mass is 10.1. The van der Waals surface area contributed by atoms with Crippen molar-refractivity contribution in [1.29, 1.82) is 0 Å². The van der Waals surface area contributed by atoms with Crippen LogP contribution in [0.5, 0.6) is 0 Å². The lowest BCUT2D eigenvalue weighted by Crippen LogP contribution is -2.19. The van der Waals surface area contributed by atoms with Gasteiger partial charge in [-0.1, -0.05) is 12.1 Å². The third kappa shape index (κ3) is 4.12. The van der Waals surface area contributed by atoms with Gasteiger partial charge >= 0.3 is 5.97 Å². The summed E-state index contributed by atoms with van der Waals surface area (Å²) in [5.41, 5.74) is -0.0620. The lowest BCUT2D eigenvalue weighted by molar-refractivity contribution is 0.0600. The van der Waals surface area contributed by atoms with E-state index in [1.807, 2.05) is 0 Å². The third-order valence-corrected chi connectivity index (χ3v) is 3.77. The van der Waals surface area contributed by atoms with Gasteiger partial charge in [0.2, 0.25) is 0 Å². The number of sulfone groups is 1. The second-order valence-electron chi connectivity index (χ2n) is 4.01. The van der Waals surface area contributed by atoms with Crippen molar-refractivity contribution in [1.82, 2.24) is 0 Å². The highest BCUT2D eigenvalue weighted by Gasteiger charge is 2.16. The Morgan fingerprint density at radius 2 is 1.89 bits per heavy atom. The van der Waals surface area contributed by atoms with E-state index in [0.29, 0.717) is 12.0 Å². The maximum atomic E-state index is 11.2. The van der Waals surface area contributed by atoms with Gasteiger partial charge in [0.05, 0.1) is 12.7 Å². The minimum atomic E-state index is -3.42. The summed E-state index contributed by atoms with van der Waals surface area (Å²) in [6.45, 7) is 0. The number of hydrogen-bond donors (Lipinski definition) is 1. The van der Waals surface area contributed by atoms with Crippen molar-refractivity contribution in [3.05, 3.63) is 35.4 Å². The van der Waals surface area contributed by atoms with Crippen molar-refractivity contribution >= 4 is 15.8 Å². The zero-order chi connectivity index (χ0) is 13.8. The molecule has 0 heterocycles. The van der Waals surface area contributed by atoms with E-state index in [1.54, 1.807) is 24.3 Å². The number of aliphatic hydroxyl groups is 1. The molecule has 0 aliphatic rings. The molecular weight excluding hydrogens is 256 g/mol. The quantitative estimate of drug-likeness (QED) is 0.801. The molecule has 0 bridgehead atoms. The second kappa shape index (κ2) is 5.97. The Morgan fingerprint density at radius 3 is 2.33 bits per heavy atom. The Balaban J connectivity index is 2.62. The average Bonchev–Trinajstić information content (AvgIpc) is 2.34. The summed E-state index contributed by atoms with van der Waals surface area (Å²) in [6, 6.07) is 6.63. The Bertz CT molecular complexity index is 504. The number of ether oxygens (including phenoxy) is 1. The standard InChI is InChI=1S/C12H16O5S/c1-17-12(14)10-6-3-9(4-7-10)5-8-11(13)18(2,15)16/h3-4,6-7,11,13H,5,8H2,1-2H3. The normalized spacial score (nSPS) is 13.1. The monoisotopic (exact) mass is 272 g/mol. The largest absolute Gasteiger partial charge is 0.465 e. The van der Waals surface area contributed by atoms with Crippen molar-refractivity contribution in [2.24, 2.45) is 0 Å². The van der Waals surface area contributed by atoms with Crippen LogP contribution in [0.25, 0.3) is 0 Å². The minimum Gasteiger partial charge on any atom is -0.465 e. The molecule has 1 atom stereocenters. The second-order valence-corrected chi connectivity index (χ2v) is 6.21. The molecule has 18 heavy (non-hydrogen) atoms. The van der Waals surface area contributed by atoms with E-state index in [1.165, 1.54) is 7.11 Å². The Morgan fingerprint density at radius 1 is 1.33 bits per heavy atom. The highest BCUT2D eigenvalue weighted by molar-refractivity contribution is 7.91. The number of esters is 1. The molecule has 6 heteroatoms. The van der Waals surface area contributed by atoms with E-state index in [-0.39, 0.29) is 6.42 Å². The maximum Gasteiger partial charge on any atom is 0.337 e. The van der Waals surface area contributed by atoms with Crippen molar-refractivity contribution in [3.63, 3.8) is 0 Å². The highest BCUT2D eigenvalue weighted by Crippen LogP contribution is 2.11. The van der Waals surface area contributed by atoms with Crippen LogP contribution >= 0.6 is 0 Å². The molecule has 0 saturated carbocycles. The van der Waals surface area contributed by atoms with Crippen LogP contribution in [-0.2, 0) is 21.0 Å². The summed E-state index contributed by atoms with van der Waals surface area (Å²) < 4.78 is 26.6. The van der Waals surface area contributed by atoms with Crippen LogP contribution in [0.15, 0.2) is 24.3 Å². The van der Waals surface area contributed by atoms with Gasteiger partial charge in [-0.2, -0.15) is 0 Å². The van der Waals surface area contributed by atoms with Crippen LogP contribution in [0.1, 0.15) is 22.3 Å². The van der Waals surface area contributed by atoms with Crippen molar-refractivity contribution in [3.8, 4) is 0 Å². The van der Waals surface area contributed by atoms with Gasteiger partial charge in [0.1, 0.15) is 0 Å². The first kappa shape index (κ1) is 14.7. The molecule has 0 aromatic heterocycles. The molecule has 0 saturated heterocycles. The molecule has 1 N–H and O–H groups in total. The molecule has 1 unspecified atom stereocenters. The van der Waals surface area contributed by atoms with Gasteiger partial charge in [-0.25, -0.2) is 13.2 Å². The molecule has 0 fully saturated rings. The smallest absolute Gasteiger partial charge is 0.337 e. The van der Waals surface area contributed by atoms with E-state index >= 15 is 0 Å². The van der Waals surface area contributed by atoms with Crippen LogP contribution in [-0.4, -0.2) is 38.3 Å². The van der Waals surface area contributed by atoms with Crippen molar-refractivity contribution in [2.75, 3.05) is 13.4 Å². The number of carbonyl (C=O) groups excluding carboxylic acids is 1. The first-order valence-corrected chi connectivity index (χ1v) is 7.34. The SMILES string of the molecule is COC(=O)c1ccc(CCC(O)S(C)(=O)=O)cc1. The molecular formula is C12H16O5S. The van der Waals surface area contributed by atoms with Gasteiger partial charge in [-0.15, -0.1) is 0 Å². The van der Waals surface area contributed by atoms with Gasteiger partial charge in [0.15, 0.2) is 15.3 Å². The van der Waals surface area contributed by atoms with E-state index in [4.69, 9.17) is 0 Å². The minimum absolute atomic E-state index is 0.135. The summed E-state index contributed by atoms with van der Waals surface area (Å²) in [7, 11) is -2.11. The molecule has 1 rings (SSSR count). The van der Waals surface area contributed by atoms with Gasteiger partial charge in [-0.3, -0.25) is 0 Å². The molecule has 1 aromatic rings. The Kier molecular flexibility index (Phi) is 4.86. The molecule has 1 aromatic carbocycles. The van der Waals surface area contributed by atoms with Gasteiger partial charge in [0, 0.05) is 6.26 Å². The molecule has 100 valence electrons. The zero-order valence-corrected chi connectivity index (χ0v) is 11.1. The number of carbonyl (C=O) groups is 1. The summed E-state index contributed by atoms with van der Waals surface area (Å²) in [5.74, 6) is -0.419. The van der Waals surface area contributed by atoms with E-state index in [9.17, 15) is 18.3 Å². The third-order valence-electron chi connectivity index (χ3n) is 2.55. The number of aryl methyl sites for hydroxylation is 1. The number of rotatable bonds is 5. The van der Waals surface area contributed by atoms with Crippen molar-refractivity contribution in [2.45, 2.75) is 18.3 Å². The molecule has 0 amide bonds. The van der Waals surface area contributed by atoms with Gasteiger partial charge in [0.25, 0.3) is 0 Å². The van der Waals surface area contributed by atoms with Crippen LogP contribution in [0.3, 0.4) is 0 Å². The first-order valence-electron chi connectivity index (χ1n) is 5.39. The maximum absolute atomic E-state index is 11.2. The molecule has 0 aliphatic carbocycles. The van der Waals surface area contributed by atoms with Gasteiger partial charge in [-0.05, 0) is 30.5 Å². The van der Waals surface area contributed by atoms with Crippen LogP contribution in [0, 0.1) is 0 Å². The number of methoxy groups -OCH3 is 1. The average molecular weight is 272 g/mol. The summed E-state index contributed by atoms with van der Waals surface area (Å²) >= 11 is 0. The molecule has 0 radical (unpaired) electrons. The summed E-state index contributed by atoms with van der Waals surface area (Å²) in [5, 5.41) is 9.37. The van der Waals surface area contributed by atoms with E-state index in [0.717, 1.165) is 11.8 Å². The Hall–Kier alpha value is -1.40. The topological polar surface area (TPSA) is 80.7 Å². The predicted molar refractivity (Wildman–Crippen MR) is 67.0 cm³/mol. The predicted octanol–water partition coefficient (Wildman–Crippen LogP) is 0.769. The van der Waals surface area contributed by atoms with Crippen molar-refractivity contribution < 1.29 is 23.1 Å². The van der Waals surface area contributed by atoms with Crippen LogP contribution < -0.4 is 0 Å². The summed E-state index contributed by atoms with van der Waals surface area (Å²) in [6.07, 6.45) is 1.56. The van der Waals surface area contributed by atoms with Crippen LogP contribution in [0.2, 0.25) is 0 Å². The van der Waals surface area contributed by atoms with E-state index in [2.05, 4.69) is 4.74 Å². The lowest BCUT2D eigenvalue weighted by Gasteiger charge is -2.08. The molecule has 0 aliphatic heterocycles. The molecule has 5 nitrogen and oxygen atoms in total.